The van der Waals surface area contributed by atoms with E-state index in [1.54, 1.807) is 26.0 Å². The van der Waals surface area contributed by atoms with Gasteiger partial charge in [-0.2, -0.15) is 0 Å². The summed E-state index contributed by atoms with van der Waals surface area (Å²) in [5.41, 5.74) is 2.66. The molecule has 146 valence electrons. The van der Waals surface area contributed by atoms with Crippen LogP contribution >= 0.6 is 0 Å². The number of piperidine rings is 1. The predicted molar refractivity (Wildman–Crippen MR) is 104 cm³/mol. The van der Waals surface area contributed by atoms with Gasteiger partial charge in [0.2, 0.25) is 5.82 Å². The summed E-state index contributed by atoms with van der Waals surface area (Å²) >= 11 is 0. The highest BCUT2D eigenvalue weighted by Gasteiger charge is 2.28. The van der Waals surface area contributed by atoms with Crippen molar-refractivity contribution in [3.8, 4) is 0 Å². The molecule has 0 unspecified atom stereocenters. The fourth-order valence-corrected chi connectivity index (χ4v) is 4.05. The first kappa shape index (κ1) is 18.3. The molecule has 28 heavy (non-hydrogen) atoms. The van der Waals surface area contributed by atoms with E-state index in [0.717, 1.165) is 31.5 Å². The molecule has 2 bridgehead atoms. The third-order valence-electron chi connectivity index (χ3n) is 5.48. The van der Waals surface area contributed by atoms with E-state index >= 15 is 0 Å². The monoisotopic (exact) mass is 383 g/mol. The van der Waals surface area contributed by atoms with Gasteiger partial charge < -0.3 is 10.2 Å². The third-order valence-corrected chi connectivity index (χ3v) is 5.48. The summed E-state index contributed by atoms with van der Waals surface area (Å²) < 4.78 is 14.7. The highest BCUT2D eigenvalue weighted by atomic mass is 19.1. The van der Waals surface area contributed by atoms with Crippen LogP contribution in [0.2, 0.25) is 0 Å². The maximum atomic E-state index is 14.7. The number of allylic oxidation sites excluding steroid dienone is 1. The minimum Gasteiger partial charge on any atom is -0.377 e. The molecule has 4 heterocycles. The number of nitro groups is 1. The number of rotatable bonds is 5. The molecule has 1 N–H and O–H groups in total. The highest BCUT2D eigenvalue weighted by molar-refractivity contribution is 5.69. The second-order valence-corrected chi connectivity index (χ2v) is 7.36. The molecule has 5 rings (SSSR count). The third kappa shape index (κ3) is 3.42. The van der Waals surface area contributed by atoms with Crippen LogP contribution in [-0.2, 0) is 6.54 Å². The summed E-state index contributed by atoms with van der Waals surface area (Å²) in [6, 6.07) is 5.23. The molecule has 0 aliphatic carbocycles. The standard InChI is InChI=1S/C20H22FN5O2/c1-12-19(26(27)28)20(24-13(2)23-12)22-10-16-4-3-15(9-18(16)21)17-11-25-7-5-14(17)6-8-25/h3-4,9,11,14H,5-8,10H2,1-2H3,(H,22,23,24). The van der Waals surface area contributed by atoms with Crippen molar-refractivity contribution in [3.05, 3.63) is 63.0 Å². The minimum atomic E-state index is -0.517. The summed E-state index contributed by atoms with van der Waals surface area (Å²) in [5.74, 6) is 0.713. The number of anilines is 1. The Morgan fingerprint density at radius 3 is 2.64 bits per heavy atom. The van der Waals surface area contributed by atoms with Gasteiger partial charge in [-0.05, 0) is 49.8 Å². The van der Waals surface area contributed by atoms with Gasteiger partial charge in [-0.25, -0.2) is 14.4 Å². The first-order valence-electron chi connectivity index (χ1n) is 9.40. The van der Waals surface area contributed by atoms with E-state index < -0.39 is 4.92 Å². The van der Waals surface area contributed by atoms with Crippen LogP contribution < -0.4 is 5.32 Å². The molecule has 0 saturated carbocycles. The van der Waals surface area contributed by atoms with E-state index in [2.05, 4.69) is 26.4 Å². The highest BCUT2D eigenvalue weighted by Crippen LogP contribution is 2.37. The lowest BCUT2D eigenvalue weighted by Gasteiger charge is -2.39. The van der Waals surface area contributed by atoms with Crippen molar-refractivity contribution in [1.82, 2.24) is 14.9 Å². The molecule has 7 nitrogen and oxygen atoms in total. The average molecular weight is 383 g/mol. The number of halogens is 1. The fourth-order valence-electron chi connectivity index (χ4n) is 4.05. The number of aromatic nitrogens is 2. The summed E-state index contributed by atoms with van der Waals surface area (Å²) in [7, 11) is 0. The molecule has 1 fully saturated rings. The van der Waals surface area contributed by atoms with Crippen molar-refractivity contribution in [1.29, 1.82) is 0 Å². The van der Waals surface area contributed by atoms with Crippen LogP contribution in [0.4, 0.5) is 15.9 Å². The Morgan fingerprint density at radius 1 is 1.29 bits per heavy atom. The van der Waals surface area contributed by atoms with Gasteiger partial charge in [0.05, 0.1) is 4.92 Å². The van der Waals surface area contributed by atoms with E-state index in [-0.39, 0.29) is 29.6 Å². The molecule has 3 aliphatic heterocycles. The van der Waals surface area contributed by atoms with Gasteiger partial charge in [0.15, 0.2) is 0 Å². The van der Waals surface area contributed by atoms with E-state index in [1.165, 1.54) is 5.57 Å². The molecule has 3 aliphatic rings. The van der Waals surface area contributed by atoms with Crippen molar-refractivity contribution < 1.29 is 9.31 Å². The minimum absolute atomic E-state index is 0.109. The quantitative estimate of drug-likeness (QED) is 0.624. The van der Waals surface area contributed by atoms with Gasteiger partial charge >= 0.3 is 5.69 Å². The van der Waals surface area contributed by atoms with E-state index in [4.69, 9.17) is 0 Å². The normalized spacial score (nSPS) is 16.2. The second-order valence-electron chi connectivity index (χ2n) is 7.36. The second kappa shape index (κ2) is 7.18. The number of nitrogens with zero attached hydrogens (tertiary/aromatic N) is 4. The van der Waals surface area contributed by atoms with Crippen LogP contribution in [0.25, 0.3) is 5.57 Å². The van der Waals surface area contributed by atoms with Gasteiger partial charge in [-0.15, -0.1) is 0 Å². The van der Waals surface area contributed by atoms with Crippen LogP contribution in [0.3, 0.4) is 0 Å². The zero-order valence-electron chi connectivity index (χ0n) is 15.9. The van der Waals surface area contributed by atoms with Crippen LogP contribution in [0, 0.1) is 35.7 Å². The summed E-state index contributed by atoms with van der Waals surface area (Å²) in [6.07, 6.45) is 4.39. The van der Waals surface area contributed by atoms with Crippen molar-refractivity contribution >= 4 is 17.1 Å². The Bertz CT molecular complexity index is 967. The summed E-state index contributed by atoms with van der Waals surface area (Å²) in [6.45, 7) is 5.50. The topological polar surface area (TPSA) is 84.2 Å². The molecule has 2 aromatic rings. The predicted octanol–water partition coefficient (Wildman–Crippen LogP) is 3.82. The summed E-state index contributed by atoms with van der Waals surface area (Å²) in [4.78, 5) is 21.2. The largest absolute Gasteiger partial charge is 0.377 e. The SMILES string of the molecule is Cc1nc(C)c([N+](=O)[O-])c(NCc2ccc(C3=CN4CCC3CC4)cc2F)n1. The van der Waals surface area contributed by atoms with Crippen LogP contribution in [0.15, 0.2) is 24.4 Å². The van der Waals surface area contributed by atoms with Crippen molar-refractivity contribution in [2.24, 2.45) is 5.92 Å². The Labute approximate surface area is 162 Å². The molecule has 1 aromatic heterocycles. The molecule has 1 aromatic carbocycles. The summed E-state index contributed by atoms with van der Waals surface area (Å²) in [5, 5.41) is 14.2. The van der Waals surface area contributed by atoms with Gasteiger partial charge in [0.1, 0.15) is 17.3 Å². The zero-order valence-corrected chi connectivity index (χ0v) is 15.9. The molecule has 8 heteroatoms. The van der Waals surface area contributed by atoms with Crippen molar-refractivity contribution in [3.63, 3.8) is 0 Å². The first-order valence-corrected chi connectivity index (χ1v) is 9.40. The molecule has 0 radical (unpaired) electrons. The lowest BCUT2D eigenvalue weighted by atomic mass is 9.82. The Hall–Kier alpha value is -3.03. The zero-order chi connectivity index (χ0) is 19.8. The Balaban J connectivity index is 1.55. The number of hydrogen-bond donors (Lipinski definition) is 1. The number of fused-ring (bicyclic) bond motifs is 2. The molecule has 0 amide bonds. The lowest BCUT2D eigenvalue weighted by Crippen LogP contribution is -2.35. The fraction of sp³-hybridized carbons (Fsp3) is 0.400. The number of hydrogen-bond acceptors (Lipinski definition) is 6. The Morgan fingerprint density at radius 2 is 2.04 bits per heavy atom. The number of nitrogens with one attached hydrogen (secondary N) is 1. The lowest BCUT2D eigenvalue weighted by molar-refractivity contribution is -0.385. The molecule has 0 atom stereocenters. The van der Waals surface area contributed by atoms with Crippen LogP contribution in [-0.4, -0.2) is 32.9 Å². The van der Waals surface area contributed by atoms with Crippen molar-refractivity contribution in [2.75, 3.05) is 18.4 Å². The maximum Gasteiger partial charge on any atom is 0.332 e. The molecule has 1 saturated heterocycles. The van der Waals surface area contributed by atoms with Crippen LogP contribution in [0.1, 0.15) is 35.5 Å². The molecular formula is C20H22FN5O2. The van der Waals surface area contributed by atoms with Gasteiger partial charge in [-0.1, -0.05) is 12.1 Å². The van der Waals surface area contributed by atoms with Crippen molar-refractivity contribution in [2.45, 2.75) is 33.2 Å². The Kier molecular flexibility index (Phi) is 4.70. The van der Waals surface area contributed by atoms with Crippen LogP contribution in [0.5, 0.6) is 0 Å². The smallest absolute Gasteiger partial charge is 0.332 e. The van der Waals surface area contributed by atoms with Gasteiger partial charge in [-0.3, -0.25) is 10.1 Å². The molecule has 0 spiro atoms. The average Bonchev–Trinajstić information content (AvgIpc) is 2.67. The number of aryl methyl sites for hydroxylation is 2. The van der Waals surface area contributed by atoms with E-state index in [1.807, 2.05) is 6.07 Å². The number of benzene rings is 1. The molecular weight excluding hydrogens is 361 g/mol. The maximum absolute atomic E-state index is 14.7. The van der Waals surface area contributed by atoms with Gasteiger partial charge in [0.25, 0.3) is 0 Å². The van der Waals surface area contributed by atoms with E-state index in [0.29, 0.717) is 17.3 Å². The van der Waals surface area contributed by atoms with E-state index in [9.17, 15) is 14.5 Å². The van der Waals surface area contributed by atoms with Gasteiger partial charge in [0, 0.05) is 31.4 Å². The first-order chi connectivity index (χ1) is 13.4.